The van der Waals surface area contributed by atoms with Gasteiger partial charge in [0.05, 0.1) is 5.57 Å². The van der Waals surface area contributed by atoms with Gasteiger partial charge in [0, 0.05) is 12.6 Å². The lowest BCUT2D eigenvalue weighted by Crippen LogP contribution is -2.24. The first-order valence-electron chi connectivity index (χ1n) is 6.15. The lowest BCUT2D eigenvalue weighted by molar-refractivity contribution is -0.116. The van der Waals surface area contributed by atoms with E-state index in [4.69, 9.17) is 0 Å². The largest absolute Gasteiger partial charge is 0.355 e. The fourth-order valence-electron chi connectivity index (χ4n) is 2.34. The number of hydrogen-bond acceptors (Lipinski definition) is 2. The topological polar surface area (TPSA) is 46.2 Å². The van der Waals surface area contributed by atoms with Crippen molar-refractivity contribution in [2.24, 2.45) is 5.92 Å². The SMILES string of the molecule is CNC(=O)C1=C(CC(C)C)c2ccccc2C1=O. The van der Waals surface area contributed by atoms with Crippen molar-refractivity contribution in [1.29, 1.82) is 0 Å². The molecule has 3 heteroatoms. The summed E-state index contributed by atoms with van der Waals surface area (Å²) in [6, 6.07) is 7.44. The molecule has 2 rings (SSSR count). The van der Waals surface area contributed by atoms with E-state index in [0.717, 1.165) is 17.6 Å². The van der Waals surface area contributed by atoms with Crippen molar-refractivity contribution >= 4 is 17.3 Å². The van der Waals surface area contributed by atoms with Gasteiger partial charge in [-0.05, 0) is 23.5 Å². The number of Topliss-reactive ketones (excluding diaryl/α,β-unsaturated/α-hetero) is 1. The molecule has 1 aromatic carbocycles. The molecule has 1 aliphatic carbocycles. The third kappa shape index (κ3) is 1.96. The first-order valence-corrected chi connectivity index (χ1v) is 6.15. The molecule has 0 saturated carbocycles. The molecule has 3 nitrogen and oxygen atoms in total. The second kappa shape index (κ2) is 4.77. The molecule has 0 atom stereocenters. The Morgan fingerprint density at radius 1 is 1.22 bits per heavy atom. The van der Waals surface area contributed by atoms with E-state index in [9.17, 15) is 9.59 Å². The lowest BCUT2D eigenvalue weighted by Gasteiger charge is -2.09. The number of fused-ring (bicyclic) bond motifs is 1. The molecule has 0 fully saturated rings. The predicted octanol–water partition coefficient (Wildman–Crippen LogP) is 2.43. The van der Waals surface area contributed by atoms with Gasteiger partial charge in [0.25, 0.3) is 5.91 Å². The van der Waals surface area contributed by atoms with Crippen molar-refractivity contribution in [3.05, 3.63) is 41.0 Å². The number of hydrogen-bond donors (Lipinski definition) is 1. The van der Waals surface area contributed by atoms with Crippen LogP contribution in [0.1, 0.15) is 36.2 Å². The third-order valence-electron chi connectivity index (χ3n) is 3.09. The van der Waals surface area contributed by atoms with Crippen molar-refractivity contribution in [2.75, 3.05) is 7.05 Å². The van der Waals surface area contributed by atoms with Crippen LogP contribution in [-0.4, -0.2) is 18.7 Å². The Bertz CT molecular complexity index is 541. The monoisotopic (exact) mass is 243 g/mol. The van der Waals surface area contributed by atoms with E-state index >= 15 is 0 Å². The van der Waals surface area contributed by atoms with Crippen LogP contribution < -0.4 is 5.32 Å². The number of carbonyl (C=O) groups is 2. The molecule has 0 unspecified atom stereocenters. The van der Waals surface area contributed by atoms with Crippen LogP contribution in [0.2, 0.25) is 0 Å². The molecular formula is C15H17NO2. The van der Waals surface area contributed by atoms with Gasteiger partial charge in [0.2, 0.25) is 0 Å². The molecular weight excluding hydrogens is 226 g/mol. The first kappa shape index (κ1) is 12.6. The van der Waals surface area contributed by atoms with Gasteiger partial charge in [-0.1, -0.05) is 38.1 Å². The minimum atomic E-state index is -0.285. The summed E-state index contributed by atoms with van der Waals surface area (Å²) < 4.78 is 0. The number of carbonyl (C=O) groups excluding carboxylic acids is 2. The molecule has 0 aromatic heterocycles. The lowest BCUT2D eigenvalue weighted by atomic mass is 9.96. The predicted molar refractivity (Wildman–Crippen MR) is 71.2 cm³/mol. The minimum absolute atomic E-state index is 0.152. The Morgan fingerprint density at radius 2 is 1.83 bits per heavy atom. The van der Waals surface area contributed by atoms with Crippen LogP contribution in [-0.2, 0) is 4.79 Å². The first-order chi connectivity index (χ1) is 8.56. The molecule has 1 amide bonds. The molecule has 0 saturated heterocycles. The Kier molecular flexibility index (Phi) is 3.32. The van der Waals surface area contributed by atoms with Gasteiger partial charge in [-0.25, -0.2) is 0 Å². The van der Waals surface area contributed by atoms with Crippen LogP contribution in [0.5, 0.6) is 0 Å². The fourth-order valence-corrected chi connectivity index (χ4v) is 2.34. The maximum atomic E-state index is 12.3. The number of rotatable bonds is 3. The van der Waals surface area contributed by atoms with Crippen LogP contribution in [0.25, 0.3) is 5.57 Å². The maximum absolute atomic E-state index is 12.3. The van der Waals surface area contributed by atoms with Crippen molar-refractivity contribution in [3.63, 3.8) is 0 Å². The highest BCUT2D eigenvalue weighted by Gasteiger charge is 2.33. The smallest absolute Gasteiger partial charge is 0.255 e. The average molecular weight is 243 g/mol. The highest BCUT2D eigenvalue weighted by atomic mass is 16.2. The highest BCUT2D eigenvalue weighted by molar-refractivity contribution is 6.34. The second-order valence-corrected chi connectivity index (χ2v) is 4.91. The summed E-state index contributed by atoms with van der Waals surface area (Å²) in [5, 5.41) is 2.56. The zero-order chi connectivity index (χ0) is 13.3. The number of benzene rings is 1. The number of nitrogens with one attached hydrogen (secondary N) is 1. The van der Waals surface area contributed by atoms with Crippen molar-refractivity contribution in [2.45, 2.75) is 20.3 Å². The zero-order valence-corrected chi connectivity index (χ0v) is 10.9. The summed E-state index contributed by atoms with van der Waals surface area (Å²) in [7, 11) is 1.55. The standard InChI is InChI=1S/C15H17NO2/c1-9(2)8-12-10-6-4-5-7-11(10)14(17)13(12)15(18)16-3/h4-7,9H,8H2,1-3H3,(H,16,18). The van der Waals surface area contributed by atoms with E-state index in [2.05, 4.69) is 19.2 Å². The molecule has 0 heterocycles. The van der Waals surface area contributed by atoms with Gasteiger partial charge < -0.3 is 5.32 Å². The Morgan fingerprint density at radius 3 is 2.39 bits per heavy atom. The van der Waals surface area contributed by atoms with Crippen LogP contribution >= 0.6 is 0 Å². The van der Waals surface area contributed by atoms with E-state index < -0.39 is 0 Å². The van der Waals surface area contributed by atoms with E-state index in [1.807, 2.05) is 18.2 Å². The highest BCUT2D eigenvalue weighted by Crippen LogP contribution is 2.36. The molecule has 94 valence electrons. The van der Waals surface area contributed by atoms with Crippen molar-refractivity contribution in [3.8, 4) is 0 Å². The maximum Gasteiger partial charge on any atom is 0.255 e. The summed E-state index contributed by atoms with van der Waals surface area (Å²) >= 11 is 0. The van der Waals surface area contributed by atoms with E-state index in [0.29, 0.717) is 17.1 Å². The van der Waals surface area contributed by atoms with Gasteiger partial charge in [0.15, 0.2) is 5.78 Å². The number of likely N-dealkylation sites (N-methyl/N-ethyl adjacent to an activating group) is 1. The number of allylic oxidation sites excluding steroid dienone is 1. The molecule has 1 aliphatic rings. The molecule has 1 N–H and O–H groups in total. The third-order valence-corrected chi connectivity index (χ3v) is 3.09. The fraction of sp³-hybridized carbons (Fsp3) is 0.333. The van der Waals surface area contributed by atoms with E-state index in [1.54, 1.807) is 13.1 Å². The van der Waals surface area contributed by atoms with Gasteiger partial charge in [-0.2, -0.15) is 0 Å². The number of ketones is 1. The summed E-state index contributed by atoms with van der Waals surface area (Å²) in [5.41, 5.74) is 2.75. The quantitative estimate of drug-likeness (QED) is 0.829. The molecule has 1 aromatic rings. The van der Waals surface area contributed by atoms with Gasteiger partial charge in [0.1, 0.15) is 0 Å². The van der Waals surface area contributed by atoms with E-state index in [-0.39, 0.29) is 11.7 Å². The van der Waals surface area contributed by atoms with E-state index in [1.165, 1.54) is 0 Å². The van der Waals surface area contributed by atoms with Gasteiger partial charge in [-0.15, -0.1) is 0 Å². The molecule has 0 radical (unpaired) electrons. The Hall–Kier alpha value is -1.90. The average Bonchev–Trinajstić information content (AvgIpc) is 2.62. The molecule has 0 bridgehead atoms. The van der Waals surface area contributed by atoms with Crippen molar-refractivity contribution < 1.29 is 9.59 Å². The summed E-state index contributed by atoms with van der Waals surface area (Å²) in [4.78, 5) is 24.2. The minimum Gasteiger partial charge on any atom is -0.355 e. The summed E-state index contributed by atoms with van der Waals surface area (Å²) in [5.74, 6) is -0.0361. The summed E-state index contributed by atoms with van der Waals surface area (Å²) in [6.07, 6.45) is 0.742. The molecule has 0 spiro atoms. The van der Waals surface area contributed by atoms with Crippen LogP contribution in [0, 0.1) is 5.92 Å². The second-order valence-electron chi connectivity index (χ2n) is 4.91. The Balaban J connectivity index is 2.58. The van der Waals surface area contributed by atoms with Crippen LogP contribution in [0.4, 0.5) is 0 Å². The van der Waals surface area contributed by atoms with Crippen LogP contribution in [0.15, 0.2) is 29.8 Å². The summed E-state index contributed by atoms with van der Waals surface area (Å²) in [6.45, 7) is 4.17. The molecule has 18 heavy (non-hydrogen) atoms. The van der Waals surface area contributed by atoms with Crippen LogP contribution in [0.3, 0.4) is 0 Å². The van der Waals surface area contributed by atoms with Gasteiger partial charge >= 0.3 is 0 Å². The Labute approximate surface area is 107 Å². The van der Waals surface area contributed by atoms with Crippen molar-refractivity contribution in [1.82, 2.24) is 5.32 Å². The van der Waals surface area contributed by atoms with Gasteiger partial charge in [-0.3, -0.25) is 9.59 Å². The zero-order valence-electron chi connectivity index (χ0n) is 10.9. The molecule has 0 aliphatic heterocycles. The number of amides is 1. The normalized spacial score (nSPS) is 14.1.